The van der Waals surface area contributed by atoms with E-state index in [1.807, 2.05) is 11.3 Å². The lowest BCUT2D eigenvalue weighted by Gasteiger charge is -2.34. The minimum Gasteiger partial charge on any atom is -0.355 e. The monoisotopic (exact) mass is 667 g/mol. The molecule has 0 atom stereocenters. The highest BCUT2D eigenvalue weighted by Gasteiger charge is 2.45. The van der Waals surface area contributed by atoms with Gasteiger partial charge in [0, 0.05) is 31.5 Å². The van der Waals surface area contributed by atoms with E-state index in [1.165, 1.54) is 75.8 Å². The molecule has 0 unspecified atom stereocenters. The Hall–Kier alpha value is -6.22. The molecular weight excluding hydrogens is 635 g/mol. The van der Waals surface area contributed by atoms with Crippen molar-refractivity contribution in [2.75, 3.05) is 5.32 Å². The molecule has 1 heterocycles. The van der Waals surface area contributed by atoms with Crippen LogP contribution in [0.2, 0.25) is 0 Å². The number of fused-ring (bicyclic) bond motifs is 6. The quantitative estimate of drug-likeness (QED) is 0.186. The highest BCUT2D eigenvalue weighted by atomic mass is 32.1. The van der Waals surface area contributed by atoms with E-state index in [1.54, 1.807) is 0 Å². The van der Waals surface area contributed by atoms with Crippen molar-refractivity contribution in [2.45, 2.75) is 5.41 Å². The summed E-state index contributed by atoms with van der Waals surface area (Å²) in [5.41, 5.74) is 14.4. The molecule has 1 N–H and O–H groups in total. The van der Waals surface area contributed by atoms with Crippen LogP contribution in [-0.4, -0.2) is 0 Å². The molecule has 2 heteroatoms. The third-order valence-corrected chi connectivity index (χ3v) is 11.7. The van der Waals surface area contributed by atoms with Gasteiger partial charge >= 0.3 is 0 Å². The Labute approximate surface area is 302 Å². The summed E-state index contributed by atoms with van der Waals surface area (Å²) < 4.78 is 2.66. The summed E-state index contributed by atoms with van der Waals surface area (Å²) in [6.07, 6.45) is 0. The van der Waals surface area contributed by atoms with E-state index < -0.39 is 5.41 Å². The van der Waals surface area contributed by atoms with Crippen molar-refractivity contribution in [3.8, 4) is 33.4 Å². The maximum atomic E-state index is 3.73. The molecular formula is C49H33NS. The first-order valence-corrected chi connectivity index (χ1v) is 18.3. The van der Waals surface area contributed by atoms with Gasteiger partial charge in [-0.2, -0.15) is 0 Å². The standard InChI is InChI=1S/C49H33NS/c1-2-17-36(18-3-1)49(45-27-7-4-22-41(45)42-23-5-8-28-46(42)49)37-19-10-14-33(30-37)34-15-11-20-38(31-34)50-39-21-12-16-35(32-39)40-25-13-26-44-43-24-6-9-29-47(43)51-48(40)44/h1-32,50H. The van der Waals surface area contributed by atoms with Crippen LogP contribution < -0.4 is 5.32 Å². The van der Waals surface area contributed by atoms with E-state index in [4.69, 9.17) is 0 Å². The van der Waals surface area contributed by atoms with Gasteiger partial charge in [0.05, 0.1) is 5.41 Å². The summed E-state index contributed by atoms with van der Waals surface area (Å²) >= 11 is 1.87. The lowest BCUT2D eigenvalue weighted by atomic mass is 9.67. The van der Waals surface area contributed by atoms with Gasteiger partial charge in [-0.05, 0) is 92.0 Å². The second kappa shape index (κ2) is 12.0. The van der Waals surface area contributed by atoms with Gasteiger partial charge < -0.3 is 5.32 Å². The zero-order valence-corrected chi connectivity index (χ0v) is 28.7. The summed E-state index contributed by atoms with van der Waals surface area (Å²) in [6, 6.07) is 71.0. The maximum Gasteiger partial charge on any atom is 0.0713 e. The van der Waals surface area contributed by atoms with Crippen molar-refractivity contribution in [1.82, 2.24) is 0 Å². The third-order valence-electron chi connectivity index (χ3n) is 10.5. The van der Waals surface area contributed by atoms with Crippen molar-refractivity contribution in [3.05, 3.63) is 216 Å². The molecule has 1 aliphatic rings. The molecule has 0 bridgehead atoms. The minimum absolute atomic E-state index is 0.419. The number of rotatable bonds is 6. The van der Waals surface area contributed by atoms with Crippen LogP contribution in [0, 0.1) is 0 Å². The molecule has 0 fully saturated rings. The topological polar surface area (TPSA) is 12.0 Å². The summed E-state index contributed by atoms with van der Waals surface area (Å²) in [5, 5.41) is 6.38. The zero-order valence-electron chi connectivity index (χ0n) is 27.9. The van der Waals surface area contributed by atoms with E-state index >= 15 is 0 Å². The zero-order chi connectivity index (χ0) is 33.8. The van der Waals surface area contributed by atoms with E-state index in [2.05, 4.69) is 199 Å². The van der Waals surface area contributed by atoms with Crippen molar-refractivity contribution >= 4 is 42.9 Å². The van der Waals surface area contributed by atoms with E-state index in [0.29, 0.717) is 0 Å². The number of anilines is 2. The van der Waals surface area contributed by atoms with E-state index in [0.717, 1.165) is 11.4 Å². The Bertz CT molecular complexity index is 2690. The summed E-state index contributed by atoms with van der Waals surface area (Å²) in [7, 11) is 0. The van der Waals surface area contributed by atoms with Gasteiger partial charge in [-0.15, -0.1) is 11.3 Å². The van der Waals surface area contributed by atoms with Gasteiger partial charge in [0.1, 0.15) is 0 Å². The number of nitrogens with one attached hydrogen (secondary N) is 1. The summed E-state index contributed by atoms with van der Waals surface area (Å²) in [5.74, 6) is 0. The van der Waals surface area contributed by atoms with Crippen molar-refractivity contribution in [1.29, 1.82) is 0 Å². The highest BCUT2D eigenvalue weighted by Crippen LogP contribution is 2.56. The Morgan fingerprint density at radius 3 is 1.67 bits per heavy atom. The third kappa shape index (κ3) is 4.75. The SMILES string of the molecule is c1ccc(C2(c3cccc(-c4cccc(Nc5cccc(-c6cccc7c6sc6ccccc67)c5)c4)c3)c3ccccc3-c3ccccc32)cc1. The molecule has 51 heavy (non-hydrogen) atoms. The Morgan fingerprint density at radius 2 is 0.902 bits per heavy atom. The molecule has 9 aromatic rings. The minimum atomic E-state index is -0.419. The van der Waals surface area contributed by atoms with Gasteiger partial charge in [0.25, 0.3) is 0 Å². The molecule has 1 aliphatic carbocycles. The van der Waals surface area contributed by atoms with Gasteiger partial charge in [-0.3, -0.25) is 0 Å². The molecule has 0 saturated heterocycles. The molecule has 0 aliphatic heterocycles. The molecule has 0 saturated carbocycles. The van der Waals surface area contributed by atoms with Gasteiger partial charge in [-0.25, -0.2) is 0 Å². The molecule has 0 radical (unpaired) electrons. The first-order valence-electron chi connectivity index (χ1n) is 17.5. The van der Waals surface area contributed by atoms with Crippen LogP contribution in [0.1, 0.15) is 22.3 Å². The average molecular weight is 668 g/mol. The van der Waals surface area contributed by atoms with Crippen LogP contribution in [0.15, 0.2) is 194 Å². The molecule has 10 rings (SSSR count). The average Bonchev–Trinajstić information content (AvgIpc) is 3.73. The van der Waals surface area contributed by atoms with E-state index in [-0.39, 0.29) is 0 Å². The summed E-state index contributed by atoms with van der Waals surface area (Å²) in [6.45, 7) is 0. The molecule has 8 aromatic carbocycles. The predicted molar refractivity (Wildman–Crippen MR) is 217 cm³/mol. The molecule has 0 spiro atoms. The fourth-order valence-corrected chi connectivity index (χ4v) is 9.56. The van der Waals surface area contributed by atoms with Crippen molar-refractivity contribution < 1.29 is 0 Å². The van der Waals surface area contributed by atoms with Crippen molar-refractivity contribution in [3.63, 3.8) is 0 Å². The molecule has 1 aromatic heterocycles. The molecule has 0 amide bonds. The Morgan fingerprint density at radius 1 is 0.373 bits per heavy atom. The normalized spacial score (nSPS) is 12.9. The fraction of sp³-hybridized carbons (Fsp3) is 0.0204. The second-order valence-electron chi connectivity index (χ2n) is 13.4. The number of benzene rings is 8. The van der Waals surface area contributed by atoms with Crippen molar-refractivity contribution in [2.24, 2.45) is 0 Å². The molecule has 1 nitrogen and oxygen atoms in total. The second-order valence-corrected chi connectivity index (χ2v) is 14.4. The van der Waals surface area contributed by atoms with Gasteiger partial charge in [-0.1, -0.05) is 158 Å². The summed E-state index contributed by atoms with van der Waals surface area (Å²) in [4.78, 5) is 0. The Balaban J connectivity index is 1.03. The first-order chi connectivity index (χ1) is 25.3. The number of hydrogen-bond acceptors (Lipinski definition) is 2. The van der Waals surface area contributed by atoms with Gasteiger partial charge in [0.2, 0.25) is 0 Å². The Kier molecular flexibility index (Phi) is 6.97. The number of thiophene rings is 1. The van der Waals surface area contributed by atoms with Crippen LogP contribution in [0.4, 0.5) is 11.4 Å². The first kappa shape index (κ1) is 29.7. The smallest absolute Gasteiger partial charge is 0.0713 e. The van der Waals surface area contributed by atoms with Crippen LogP contribution in [-0.2, 0) is 5.41 Å². The van der Waals surface area contributed by atoms with Crippen LogP contribution >= 0.6 is 11.3 Å². The van der Waals surface area contributed by atoms with Crippen LogP contribution in [0.3, 0.4) is 0 Å². The predicted octanol–water partition coefficient (Wildman–Crippen LogP) is 13.5. The van der Waals surface area contributed by atoms with Crippen LogP contribution in [0.5, 0.6) is 0 Å². The number of hydrogen-bond donors (Lipinski definition) is 1. The van der Waals surface area contributed by atoms with E-state index in [9.17, 15) is 0 Å². The lowest BCUT2D eigenvalue weighted by Crippen LogP contribution is -2.28. The largest absolute Gasteiger partial charge is 0.355 e. The lowest BCUT2D eigenvalue weighted by molar-refractivity contribution is 0.769. The van der Waals surface area contributed by atoms with Crippen LogP contribution in [0.25, 0.3) is 53.6 Å². The van der Waals surface area contributed by atoms with Gasteiger partial charge in [0.15, 0.2) is 0 Å². The highest BCUT2D eigenvalue weighted by molar-refractivity contribution is 7.26. The fourth-order valence-electron chi connectivity index (χ4n) is 8.33. The maximum absolute atomic E-state index is 3.73. The molecule has 240 valence electrons.